The van der Waals surface area contributed by atoms with Crippen molar-refractivity contribution in [2.75, 3.05) is 5.73 Å². The summed E-state index contributed by atoms with van der Waals surface area (Å²) in [6.07, 6.45) is 0.151. The van der Waals surface area contributed by atoms with Crippen molar-refractivity contribution in [3.05, 3.63) is 23.8 Å². The minimum Gasteiger partial charge on any atom is -0.491 e. The Balaban J connectivity index is 2.30. The highest BCUT2D eigenvalue weighted by Gasteiger charge is 2.09. The van der Waals surface area contributed by atoms with Gasteiger partial charge in [-0.05, 0) is 44.5 Å². The van der Waals surface area contributed by atoms with Crippen LogP contribution in [0.25, 0.3) is 11.5 Å². The molecule has 0 fully saturated rings. The predicted octanol–water partition coefficient (Wildman–Crippen LogP) is 2.41. The summed E-state index contributed by atoms with van der Waals surface area (Å²) in [5.74, 6) is 1.28. The normalized spacial score (nSPS) is 10.8. The van der Waals surface area contributed by atoms with Gasteiger partial charge in [-0.2, -0.15) is 0 Å². The number of aromatic nitrogens is 2. The van der Waals surface area contributed by atoms with E-state index in [2.05, 4.69) is 10.2 Å². The highest BCUT2D eigenvalue weighted by molar-refractivity contribution is 5.57. The summed E-state index contributed by atoms with van der Waals surface area (Å²) >= 11 is 0. The van der Waals surface area contributed by atoms with Crippen LogP contribution in [0.4, 0.5) is 6.01 Å². The molecule has 0 aliphatic heterocycles. The molecule has 0 spiro atoms. The van der Waals surface area contributed by atoms with Crippen LogP contribution in [0.1, 0.15) is 19.4 Å². The second-order valence-corrected chi connectivity index (χ2v) is 4.09. The largest absolute Gasteiger partial charge is 0.491 e. The van der Waals surface area contributed by atoms with Crippen LogP contribution in [0.3, 0.4) is 0 Å². The zero-order chi connectivity index (χ0) is 12.4. The zero-order valence-corrected chi connectivity index (χ0v) is 10.1. The maximum atomic E-state index is 5.65. The lowest BCUT2D eigenvalue weighted by molar-refractivity contribution is 0.241. The van der Waals surface area contributed by atoms with E-state index < -0.39 is 0 Å². The predicted molar refractivity (Wildman–Crippen MR) is 64.6 cm³/mol. The lowest BCUT2D eigenvalue weighted by Crippen LogP contribution is -2.06. The van der Waals surface area contributed by atoms with Crippen LogP contribution >= 0.6 is 0 Å². The molecule has 0 saturated carbocycles. The standard InChI is InChI=1S/C12H15N3O2/c1-7(2)16-10-5-4-9(6-8(10)3)11-14-15-12(13)17-11/h4-7H,1-3H3,(H2,13,15). The lowest BCUT2D eigenvalue weighted by Gasteiger charge is -2.12. The first kappa shape index (κ1) is 11.4. The van der Waals surface area contributed by atoms with Crippen molar-refractivity contribution in [2.24, 2.45) is 0 Å². The van der Waals surface area contributed by atoms with Gasteiger partial charge in [0, 0.05) is 5.56 Å². The summed E-state index contributed by atoms with van der Waals surface area (Å²) in [5, 5.41) is 7.46. The summed E-state index contributed by atoms with van der Waals surface area (Å²) in [5.41, 5.74) is 7.24. The summed E-state index contributed by atoms with van der Waals surface area (Å²) in [7, 11) is 0. The van der Waals surface area contributed by atoms with Gasteiger partial charge in [0.2, 0.25) is 5.89 Å². The van der Waals surface area contributed by atoms with Gasteiger partial charge in [-0.25, -0.2) is 0 Å². The monoisotopic (exact) mass is 233 g/mol. The fourth-order valence-electron chi connectivity index (χ4n) is 1.52. The first-order valence-corrected chi connectivity index (χ1v) is 5.43. The minimum atomic E-state index is 0.0696. The second-order valence-electron chi connectivity index (χ2n) is 4.09. The third-order valence-electron chi connectivity index (χ3n) is 2.23. The Hall–Kier alpha value is -2.04. The number of rotatable bonds is 3. The molecule has 0 bridgehead atoms. The Morgan fingerprint density at radius 2 is 2.06 bits per heavy atom. The van der Waals surface area contributed by atoms with E-state index in [1.807, 2.05) is 39.0 Å². The van der Waals surface area contributed by atoms with E-state index in [9.17, 15) is 0 Å². The first-order valence-electron chi connectivity index (χ1n) is 5.43. The topological polar surface area (TPSA) is 74.2 Å². The average molecular weight is 233 g/mol. The molecule has 0 radical (unpaired) electrons. The van der Waals surface area contributed by atoms with Gasteiger partial charge in [0.15, 0.2) is 0 Å². The molecule has 90 valence electrons. The van der Waals surface area contributed by atoms with Crippen molar-refractivity contribution in [1.82, 2.24) is 10.2 Å². The smallest absolute Gasteiger partial charge is 0.313 e. The van der Waals surface area contributed by atoms with Gasteiger partial charge in [-0.1, -0.05) is 5.10 Å². The van der Waals surface area contributed by atoms with Gasteiger partial charge in [-0.3, -0.25) is 0 Å². The average Bonchev–Trinajstić information content (AvgIpc) is 2.67. The lowest BCUT2D eigenvalue weighted by atomic mass is 10.1. The second kappa shape index (κ2) is 4.45. The molecule has 17 heavy (non-hydrogen) atoms. The zero-order valence-electron chi connectivity index (χ0n) is 10.1. The van der Waals surface area contributed by atoms with Crippen molar-refractivity contribution < 1.29 is 9.15 Å². The summed E-state index contributed by atoms with van der Waals surface area (Å²) in [6, 6.07) is 5.77. The highest BCUT2D eigenvalue weighted by Crippen LogP contribution is 2.26. The molecule has 0 amide bonds. The molecule has 0 atom stereocenters. The van der Waals surface area contributed by atoms with Gasteiger partial charge < -0.3 is 14.9 Å². The molecule has 2 N–H and O–H groups in total. The van der Waals surface area contributed by atoms with Crippen LogP contribution in [-0.2, 0) is 0 Å². The van der Waals surface area contributed by atoms with E-state index in [1.165, 1.54) is 0 Å². The minimum absolute atomic E-state index is 0.0696. The number of anilines is 1. The Morgan fingerprint density at radius 3 is 2.59 bits per heavy atom. The summed E-state index contributed by atoms with van der Waals surface area (Å²) < 4.78 is 10.8. The molecule has 2 rings (SSSR count). The Morgan fingerprint density at radius 1 is 1.29 bits per heavy atom. The third kappa shape index (κ3) is 2.55. The van der Waals surface area contributed by atoms with Crippen molar-refractivity contribution in [2.45, 2.75) is 26.9 Å². The third-order valence-corrected chi connectivity index (χ3v) is 2.23. The van der Waals surface area contributed by atoms with Crippen molar-refractivity contribution in [3.63, 3.8) is 0 Å². The Labute approximate surface area is 99.6 Å². The van der Waals surface area contributed by atoms with Crippen LogP contribution in [0, 0.1) is 6.92 Å². The quantitative estimate of drug-likeness (QED) is 0.881. The number of nitrogens with zero attached hydrogens (tertiary/aromatic N) is 2. The van der Waals surface area contributed by atoms with E-state index in [4.69, 9.17) is 14.9 Å². The fourth-order valence-corrected chi connectivity index (χ4v) is 1.52. The van der Waals surface area contributed by atoms with Crippen molar-refractivity contribution in [3.8, 4) is 17.2 Å². The molecule has 0 saturated heterocycles. The van der Waals surface area contributed by atoms with E-state index in [0.717, 1.165) is 16.9 Å². The number of hydrogen-bond donors (Lipinski definition) is 1. The number of nitrogen functional groups attached to an aromatic ring is 1. The van der Waals surface area contributed by atoms with Gasteiger partial charge in [0.05, 0.1) is 6.10 Å². The van der Waals surface area contributed by atoms with E-state index in [-0.39, 0.29) is 12.1 Å². The molecule has 5 heteroatoms. The molecule has 0 unspecified atom stereocenters. The molecule has 1 heterocycles. The van der Waals surface area contributed by atoms with Gasteiger partial charge in [0.25, 0.3) is 0 Å². The van der Waals surface area contributed by atoms with Gasteiger partial charge >= 0.3 is 6.01 Å². The number of benzene rings is 1. The summed E-state index contributed by atoms with van der Waals surface area (Å²) in [6.45, 7) is 5.96. The van der Waals surface area contributed by atoms with Crippen LogP contribution in [-0.4, -0.2) is 16.3 Å². The molecular formula is C12H15N3O2. The maximum Gasteiger partial charge on any atom is 0.313 e. The number of hydrogen-bond acceptors (Lipinski definition) is 5. The fraction of sp³-hybridized carbons (Fsp3) is 0.333. The molecular weight excluding hydrogens is 218 g/mol. The highest BCUT2D eigenvalue weighted by atomic mass is 16.5. The Kier molecular flexibility index (Phi) is 2.99. The molecule has 2 aromatic rings. The summed E-state index contributed by atoms with van der Waals surface area (Å²) in [4.78, 5) is 0. The molecule has 0 aliphatic rings. The van der Waals surface area contributed by atoms with Crippen LogP contribution in [0.2, 0.25) is 0 Å². The first-order chi connectivity index (χ1) is 8.06. The SMILES string of the molecule is Cc1cc(-c2nnc(N)o2)ccc1OC(C)C. The van der Waals surface area contributed by atoms with E-state index in [0.29, 0.717) is 5.89 Å². The number of ether oxygens (including phenoxy) is 1. The van der Waals surface area contributed by atoms with Crippen molar-refractivity contribution >= 4 is 6.01 Å². The van der Waals surface area contributed by atoms with Crippen LogP contribution in [0.5, 0.6) is 5.75 Å². The van der Waals surface area contributed by atoms with Crippen molar-refractivity contribution in [1.29, 1.82) is 0 Å². The molecule has 0 aliphatic carbocycles. The number of nitrogens with two attached hydrogens (primary N) is 1. The van der Waals surface area contributed by atoms with E-state index in [1.54, 1.807) is 0 Å². The van der Waals surface area contributed by atoms with Crippen LogP contribution in [0.15, 0.2) is 22.6 Å². The Bertz CT molecular complexity index is 520. The molecule has 5 nitrogen and oxygen atoms in total. The van der Waals surface area contributed by atoms with Gasteiger partial charge in [0.1, 0.15) is 5.75 Å². The maximum absolute atomic E-state index is 5.65. The molecule has 1 aromatic carbocycles. The number of aryl methyl sites for hydroxylation is 1. The van der Waals surface area contributed by atoms with Crippen LogP contribution < -0.4 is 10.5 Å². The van der Waals surface area contributed by atoms with Gasteiger partial charge in [-0.15, -0.1) is 5.10 Å². The molecule has 1 aromatic heterocycles. The van der Waals surface area contributed by atoms with E-state index >= 15 is 0 Å².